The molecule has 2 aromatic rings. The topological polar surface area (TPSA) is 84.9 Å². The summed E-state index contributed by atoms with van der Waals surface area (Å²) >= 11 is 2.96. The van der Waals surface area contributed by atoms with Gasteiger partial charge in [-0.2, -0.15) is 0 Å². The highest BCUT2D eigenvalue weighted by Gasteiger charge is 2.36. The van der Waals surface area contributed by atoms with E-state index in [1.807, 2.05) is 45.9 Å². The Morgan fingerprint density at radius 3 is 2.58 bits per heavy atom. The van der Waals surface area contributed by atoms with Crippen molar-refractivity contribution in [1.82, 2.24) is 4.90 Å². The van der Waals surface area contributed by atoms with Crippen molar-refractivity contribution in [2.75, 3.05) is 25.1 Å². The van der Waals surface area contributed by atoms with Crippen molar-refractivity contribution in [2.24, 2.45) is 0 Å². The molecule has 1 aliphatic heterocycles. The number of hydrogen-bond acceptors (Lipinski definition) is 6. The summed E-state index contributed by atoms with van der Waals surface area (Å²) in [5.74, 6) is 0.294. The molecule has 0 bridgehead atoms. The van der Waals surface area contributed by atoms with Gasteiger partial charge in [0, 0.05) is 5.69 Å². The fourth-order valence-corrected chi connectivity index (χ4v) is 4.85. The predicted molar refractivity (Wildman–Crippen MR) is 139 cm³/mol. The number of nitrogens with zero attached hydrogens (tertiary/aromatic N) is 1. The van der Waals surface area contributed by atoms with Gasteiger partial charge in [0.2, 0.25) is 5.91 Å². The van der Waals surface area contributed by atoms with E-state index in [2.05, 4.69) is 27.9 Å². The van der Waals surface area contributed by atoms with E-state index in [4.69, 9.17) is 9.47 Å². The molecule has 0 spiro atoms. The lowest BCUT2D eigenvalue weighted by atomic mass is 10.1. The van der Waals surface area contributed by atoms with Gasteiger partial charge in [-0.3, -0.25) is 19.3 Å². The quantitative estimate of drug-likeness (QED) is 0.334. The standard InChI is InChI=1S/C24H25IN2O5S/c1-5-31-19-11-16(10-17(25)22(19)32-6-2)12-20-23(29)27(24(30)33-20)13-21(28)26-18-9-7-8-14(3)15(18)4/h7-12H,5-6,13H2,1-4H3,(H,26,28)/b20-12+. The number of carbonyl (C=O) groups excluding carboxylic acids is 3. The number of hydrogen-bond donors (Lipinski definition) is 1. The smallest absolute Gasteiger partial charge is 0.294 e. The molecule has 1 heterocycles. The minimum atomic E-state index is -0.497. The van der Waals surface area contributed by atoms with Crippen LogP contribution >= 0.6 is 34.4 Å². The first-order valence-electron chi connectivity index (χ1n) is 10.5. The maximum atomic E-state index is 12.9. The number of nitrogens with one attached hydrogen (secondary N) is 1. The number of halogens is 1. The van der Waals surface area contributed by atoms with Gasteiger partial charge in [0.25, 0.3) is 11.1 Å². The lowest BCUT2D eigenvalue weighted by Gasteiger charge is -2.14. The number of benzene rings is 2. The molecule has 0 saturated carbocycles. The van der Waals surface area contributed by atoms with E-state index < -0.39 is 17.1 Å². The summed E-state index contributed by atoms with van der Waals surface area (Å²) in [5.41, 5.74) is 3.35. The lowest BCUT2D eigenvalue weighted by Crippen LogP contribution is -2.36. The molecule has 2 aromatic carbocycles. The van der Waals surface area contributed by atoms with Gasteiger partial charge in [0.1, 0.15) is 6.54 Å². The van der Waals surface area contributed by atoms with Crippen LogP contribution in [0.15, 0.2) is 35.2 Å². The first-order valence-corrected chi connectivity index (χ1v) is 12.3. The Labute approximate surface area is 211 Å². The van der Waals surface area contributed by atoms with E-state index in [0.29, 0.717) is 36.0 Å². The molecule has 1 aliphatic rings. The molecular formula is C24H25IN2O5S. The van der Waals surface area contributed by atoms with Gasteiger partial charge in [0.15, 0.2) is 11.5 Å². The average molecular weight is 580 g/mol. The molecular weight excluding hydrogens is 555 g/mol. The zero-order valence-electron chi connectivity index (χ0n) is 18.9. The van der Waals surface area contributed by atoms with Gasteiger partial charge in [-0.25, -0.2) is 0 Å². The fraction of sp³-hybridized carbons (Fsp3) is 0.292. The minimum Gasteiger partial charge on any atom is -0.490 e. The number of imide groups is 1. The van der Waals surface area contributed by atoms with Crippen LogP contribution in [0.4, 0.5) is 10.5 Å². The molecule has 174 valence electrons. The summed E-state index contributed by atoms with van der Waals surface area (Å²) in [4.78, 5) is 39.1. The second-order valence-electron chi connectivity index (χ2n) is 7.26. The summed E-state index contributed by atoms with van der Waals surface area (Å²) in [6, 6.07) is 9.21. The van der Waals surface area contributed by atoms with E-state index >= 15 is 0 Å². The van der Waals surface area contributed by atoms with Gasteiger partial charge >= 0.3 is 0 Å². The zero-order valence-corrected chi connectivity index (χ0v) is 21.8. The van der Waals surface area contributed by atoms with Crippen LogP contribution in [0.1, 0.15) is 30.5 Å². The first-order chi connectivity index (χ1) is 15.7. The van der Waals surface area contributed by atoms with Crippen molar-refractivity contribution in [1.29, 1.82) is 0 Å². The van der Waals surface area contributed by atoms with Gasteiger partial charge in [0.05, 0.1) is 21.7 Å². The molecule has 1 fully saturated rings. The van der Waals surface area contributed by atoms with Crippen molar-refractivity contribution < 1.29 is 23.9 Å². The van der Waals surface area contributed by atoms with Gasteiger partial charge < -0.3 is 14.8 Å². The van der Waals surface area contributed by atoms with Crippen molar-refractivity contribution in [3.05, 3.63) is 55.5 Å². The van der Waals surface area contributed by atoms with Crippen molar-refractivity contribution >= 4 is 63.2 Å². The molecule has 0 atom stereocenters. The van der Waals surface area contributed by atoms with Crippen molar-refractivity contribution in [2.45, 2.75) is 27.7 Å². The number of carbonyl (C=O) groups is 3. The third kappa shape index (κ3) is 5.89. The van der Waals surface area contributed by atoms with Gasteiger partial charge in [-0.15, -0.1) is 0 Å². The molecule has 0 unspecified atom stereocenters. The molecule has 9 heteroatoms. The average Bonchev–Trinajstić information content (AvgIpc) is 3.01. The number of rotatable bonds is 8. The van der Waals surface area contributed by atoms with Gasteiger partial charge in [-0.1, -0.05) is 12.1 Å². The zero-order chi connectivity index (χ0) is 24.1. The Balaban J connectivity index is 1.78. The molecule has 7 nitrogen and oxygen atoms in total. The monoisotopic (exact) mass is 580 g/mol. The highest BCUT2D eigenvalue weighted by Crippen LogP contribution is 2.37. The van der Waals surface area contributed by atoms with Crippen LogP contribution in [-0.2, 0) is 9.59 Å². The Morgan fingerprint density at radius 2 is 1.88 bits per heavy atom. The predicted octanol–water partition coefficient (Wildman–Crippen LogP) is 5.38. The molecule has 3 rings (SSSR count). The van der Waals surface area contributed by atoms with Crippen LogP contribution in [0.3, 0.4) is 0 Å². The number of anilines is 1. The SMILES string of the molecule is CCOc1cc(/C=C2/SC(=O)N(CC(=O)Nc3cccc(C)c3C)C2=O)cc(I)c1OCC. The third-order valence-electron chi connectivity index (χ3n) is 4.97. The number of amides is 3. The summed E-state index contributed by atoms with van der Waals surface area (Å²) in [6.07, 6.45) is 1.63. The van der Waals surface area contributed by atoms with E-state index in [0.717, 1.165) is 31.4 Å². The summed E-state index contributed by atoms with van der Waals surface area (Å²) < 4.78 is 12.2. The summed E-state index contributed by atoms with van der Waals surface area (Å²) in [5, 5.41) is 2.31. The van der Waals surface area contributed by atoms with Crippen LogP contribution in [-0.4, -0.2) is 41.7 Å². The molecule has 1 saturated heterocycles. The van der Waals surface area contributed by atoms with Crippen molar-refractivity contribution in [3.63, 3.8) is 0 Å². The molecule has 0 aromatic heterocycles. The molecule has 33 heavy (non-hydrogen) atoms. The highest BCUT2D eigenvalue weighted by molar-refractivity contribution is 14.1. The Morgan fingerprint density at radius 1 is 1.15 bits per heavy atom. The van der Waals surface area contributed by atoms with E-state index in [1.54, 1.807) is 18.2 Å². The second-order valence-corrected chi connectivity index (χ2v) is 9.41. The Hall–Kier alpha value is -2.53. The maximum Gasteiger partial charge on any atom is 0.294 e. The van der Waals surface area contributed by atoms with E-state index in [-0.39, 0.29) is 11.4 Å². The third-order valence-corrected chi connectivity index (χ3v) is 6.68. The van der Waals surface area contributed by atoms with Gasteiger partial charge in [-0.05, 0) is 103 Å². The van der Waals surface area contributed by atoms with E-state index in [9.17, 15) is 14.4 Å². The van der Waals surface area contributed by atoms with Crippen LogP contribution in [0.5, 0.6) is 11.5 Å². The highest BCUT2D eigenvalue weighted by atomic mass is 127. The summed E-state index contributed by atoms with van der Waals surface area (Å²) in [6.45, 7) is 8.24. The van der Waals surface area contributed by atoms with Crippen LogP contribution in [0, 0.1) is 17.4 Å². The minimum absolute atomic E-state index is 0.252. The van der Waals surface area contributed by atoms with Crippen LogP contribution in [0.2, 0.25) is 0 Å². The lowest BCUT2D eigenvalue weighted by molar-refractivity contribution is -0.127. The molecule has 0 radical (unpaired) electrons. The molecule has 1 N–H and O–H groups in total. The second kappa shape index (κ2) is 11.1. The summed E-state index contributed by atoms with van der Waals surface area (Å²) in [7, 11) is 0. The van der Waals surface area contributed by atoms with Crippen molar-refractivity contribution in [3.8, 4) is 11.5 Å². The maximum absolute atomic E-state index is 12.9. The number of thioether (sulfide) groups is 1. The Bertz CT molecular complexity index is 1130. The molecule has 0 aliphatic carbocycles. The fourth-order valence-electron chi connectivity index (χ4n) is 3.23. The first kappa shape index (κ1) is 25.1. The van der Waals surface area contributed by atoms with Crippen LogP contribution in [0.25, 0.3) is 6.08 Å². The largest absolute Gasteiger partial charge is 0.490 e. The normalized spacial score (nSPS) is 14.7. The number of aryl methyl sites for hydroxylation is 1. The Kier molecular flexibility index (Phi) is 8.41. The number of ether oxygens (including phenoxy) is 2. The van der Waals surface area contributed by atoms with Crippen LogP contribution < -0.4 is 14.8 Å². The molecule has 3 amide bonds. The van der Waals surface area contributed by atoms with E-state index in [1.165, 1.54) is 0 Å².